The Bertz CT molecular complexity index is 1010. The Hall–Kier alpha value is -2.66. The molecular formula is C23H21F3N2. The zero-order valence-electron chi connectivity index (χ0n) is 15.4. The first kappa shape index (κ1) is 18.7. The van der Waals surface area contributed by atoms with Crippen LogP contribution < -0.4 is 0 Å². The SMILES string of the molecule is FC(F)(F)c1cccc(C2=CCN(CCc3ccc4cnccc4c3)CC2)c1. The molecule has 0 amide bonds. The largest absolute Gasteiger partial charge is 0.416 e. The van der Waals surface area contributed by atoms with Gasteiger partial charge >= 0.3 is 6.18 Å². The predicted octanol–water partition coefficient (Wildman–Crippen LogP) is 5.59. The molecule has 2 aromatic carbocycles. The summed E-state index contributed by atoms with van der Waals surface area (Å²) in [4.78, 5) is 6.48. The number of halogens is 3. The van der Waals surface area contributed by atoms with Gasteiger partial charge in [-0.05, 0) is 53.1 Å². The molecule has 0 aliphatic carbocycles. The van der Waals surface area contributed by atoms with Crippen molar-refractivity contribution in [2.24, 2.45) is 0 Å². The highest BCUT2D eigenvalue weighted by Crippen LogP contribution is 2.32. The van der Waals surface area contributed by atoms with Gasteiger partial charge in [0.05, 0.1) is 5.56 Å². The summed E-state index contributed by atoms with van der Waals surface area (Å²) in [6.45, 7) is 2.56. The fraction of sp³-hybridized carbons (Fsp3) is 0.261. The van der Waals surface area contributed by atoms with Crippen molar-refractivity contribution in [3.63, 3.8) is 0 Å². The van der Waals surface area contributed by atoms with Crippen LogP contribution in [0.15, 0.2) is 67.0 Å². The molecule has 0 N–H and O–H groups in total. The summed E-state index contributed by atoms with van der Waals surface area (Å²) < 4.78 is 38.8. The summed E-state index contributed by atoms with van der Waals surface area (Å²) in [6, 6.07) is 14.1. The summed E-state index contributed by atoms with van der Waals surface area (Å²) in [6.07, 6.45) is 3.15. The number of aromatic nitrogens is 1. The van der Waals surface area contributed by atoms with E-state index in [1.54, 1.807) is 12.3 Å². The Balaban J connectivity index is 1.38. The van der Waals surface area contributed by atoms with E-state index in [1.807, 2.05) is 12.3 Å². The van der Waals surface area contributed by atoms with Crippen molar-refractivity contribution in [2.45, 2.75) is 19.0 Å². The number of alkyl halides is 3. The van der Waals surface area contributed by atoms with Crippen LogP contribution in [0.3, 0.4) is 0 Å². The van der Waals surface area contributed by atoms with Crippen LogP contribution in [0.1, 0.15) is 23.1 Å². The van der Waals surface area contributed by atoms with Crippen LogP contribution in [0.25, 0.3) is 16.3 Å². The molecule has 3 aromatic rings. The Morgan fingerprint density at radius 2 is 1.89 bits per heavy atom. The van der Waals surface area contributed by atoms with E-state index in [4.69, 9.17) is 0 Å². The Labute approximate surface area is 162 Å². The van der Waals surface area contributed by atoms with Gasteiger partial charge in [-0.1, -0.05) is 36.4 Å². The molecule has 5 heteroatoms. The molecule has 2 heterocycles. The number of fused-ring (bicyclic) bond motifs is 1. The van der Waals surface area contributed by atoms with E-state index in [1.165, 1.54) is 23.1 Å². The van der Waals surface area contributed by atoms with Gasteiger partial charge in [0.1, 0.15) is 0 Å². The number of hydrogen-bond acceptors (Lipinski definition) is 2. The van der Waals surface area contributed by atoms with Crippen LogP contribution in [0, 0.1) is 0 Å². The molecule has 0 saturated carbocycles. The topological polar surface area (TPSA) is 16.1 Å². The molecule has 0 fully saturated rings. The highest BCUT2D eigenvalue weighted by molar-refractivity contribution is 5.82. The molecule has 2 nitrogen and oxygen atoms in total. The second-order valence-electron chi connectivity index (χ2n) is 7.17. The van der Waals surface area contributed by atoms with E-state index >= 15 is 0 Å². The molecule has 0 radical (unpaired) electrons. The van der Waals surface area contributed by atoms with Gasteiger partial charge in [-0.3, -0.25) is 9.88 Å². The Kier molecular flexibility index (Phi) is 5.18. The molecule has 0 spiro atoms. The third-order valence-electron chi connectivity index (χ3n) is 5.28. The molecule has 0 saturated heterocycles. The minimum atomic E-state index is -4.30. The summed E-state index contributed by atoms with van der Waals surface area (Å²) in [5.74, 6) is 0. The second kappa shape index (κ2) is 7.76. The molecule has 28 heavy (non-hydrogen) atoms. The Morgan fingerprint density at radius 1 is 1.00 bits per heavy atom. The molecule has 4 rings (SSSR count). The Morgan fingerprint density at radius 3 is 2.68 bits per heavy atom. The van der Waals surface area contributed by atoms with Gasteiger partial charge in [-0.2, -0.15) is 13.2 Å². The van der Waals surface area contributed by atoms with Crippen molar-refractivity contribution in [3.05, 3.63) is 83.7 Å². The normalized spacial score (nSPS) is 15.6. The van der Waals surface area contributed by atoms with Crippen LogP contribution in [-0.2, 0) is 12.6 Å². The van der Waals surface area contributed by atoms with Crippen molar-refractivity contribution in [2.75, 3.05) is 19.6 Å². The standard InChI is InChI=1S/C23H21F3N2/c24-23(25,26)22-3-1-2-19(15-22)18-8-12-28(13-9-18)11-7-17-4-5-21-16-27-10-6-20(21)14-17/h1-6,8,10,14-16H,7,9,11-13H2. The highest BCUT2D eigenvalue weighted by atomic mass is 19.4. The predicted molar refractivity (Wildman–Crippen MR) is 106 cm³/mol. The van der Waals surface area contributed by atoms with E-state index in [9.17, 15) is 13.2 Å². The van der Waals surface area contributed by atoms with Crippen LogP contribution in [0.5, 0.6) is 0 Å². The van der Waals surface area contributed by atoms with Gasteiger partial charge in [0.2, 0.25) is 0 Å². The summed E-state index contributed by atoms with van der Waals surface area (Å²) in [7, 11) is 0. The van der Waals surface area contributed by atoms with Gasteiger partial charge < -0.3 is 0 Å². The number of rotatable bonds is 4. The van der Waals surface area contributed by atoms with E-state index in [2.05, 4.69) is 34.2 Å². The average molecular weight is 382 g/mol. The first-order valence-electron chi connectivity index (χ1n) is 9.41. The van der Waals surface area contributed by atoms with Crippen LogP contribution in [0.2, 0.25) is 0 Å². The number of hydrogen-bond donors (Lipinski definition) is 0. The lowest BCUT2D eigenvalue weighted by molar-refractivity contribution is -0.137. The summed E-state index contributed by atoms with van der Waals surface area (Å²) >= 11 is 0. The van der Waals surface area contributed by atoms with Gasteiger partial charge in [0.15, 0.2) is 0 Å². The molecule has 144 valence electrons. The molecule has 0 bridgehead atoms. The molecule has 1 aliphatic rings. The lowest BCUT2D eigenvalue weighted by Gasteiger charge is -2.26. The van der Waals surface area contributed by atoms with Crippen LogP contribution >= 0.6 is 0 Å². The zero-order valence-corrected chi connectivity index (χ0v) is 15.4. The maximum Gasteiger partial charge on any atom is 0.416 e. The van der Waals surface area contributed by atoms with E-state index in [-0.39, 0.29) is 0 Å². The fourth-order valence-electron chi connectivity index (χ4n) is 3.65. The summed E-state index contributed by atoms with van der Waals surface area (Å²) in [5.41, 5.74) is 2.38. The molecule has 0 unspecified atom stereocenters. The fourth-order valence-corrected chi connectivity index (χ4v) is 3.65. The molecule has 1 aliphatic heterocycles. The minimum absolute atomic E-state index is 0.583. The van der Waals surface area contributed by atoms with Crippen molar-refractivity contribution >= 4 is 16.3 Å². The quantitative estimate of drug-likeness (QED) is 0.585. The number of benzene rings is 2. The van der Waals surface area contributed by atoms with Crippen molar-refractivity contribution < 1.29 is 13.2 Å². The molecular weight excluding hydrogens is 361 g/mol. The number of pyridine rings is 1. The van der Waals surface area contributed by atoms with Gasteiger partial charge in [0.25, 0.3) is 0 Å². The van der Waals surface area contributed by atoms with Crippen molar-refractivity contribution in [1.29, 1.82) is 0 Å². The van der Waals surface area contributed by atoms with Gasteiger partial charge in [-0.15, -0.1) is 0 Å². The van der Waals surface area contributed by atoms with Gasteiger partial charge in [0, 0.05) is 37.4 Å². The first-order valence-corrected chi connectivity index (χ1v) is 9.41. The first-order chi connectivity index (χ1) is 13.5. The summed E-state index contributed by atoms with van der Waals surface area (Å²) in [5, 5.41) is 2.33. The average Bonchev–Trinajstić information content (AvgIpc) is 2.72. The van der Waals surface area contributed by atoms with Crippen molar-refractivity contribution in [3.8, 4) is 0 Å². The van der Waals surface area contributed by atoms with Gasteiger partial charge in [-0.25, -0.2) is 0 Å². The third kappa shape index (κ3) is 4.25. The van der Waals surface area contributed by atoms with E-state index in [0.29, 0.717) is 5.56 Å². The van der Waals surface area contributed by atoms with Crippen LogP contribution in [0.4, 0.5) is 13.2 Å². The maximum atomic E-state index is 12.9. The zero-order chi connectivity index (χ0) is 19.6. The van der Waals surface area contributed by atoms with E-state index < -0.39 is 11.7 Å². The smallest absolute Gasteiger partial charge is 0.299 e. The molecule has 1 aromatic heterocycles. The van der Waals surface area contributed by atoms with Crippen molar-refractivity contribution in [1.82, 2.24) is 9.88 Å². The van der Waals surface area contributed by atoms with E-state index in [0.717, 1.165) is 49.5 Å². The third-order valence-corrected chi connectivity index (χ3v) is 5.28. The minimum Gasteiger partial charge on any atom is -0.299 e. The number of nitrogens with zero attached hydrogens (tertiary/aromatic N) is 2. The van der Waals surface area contributed by atoms with Crippen LogP contribution in [-0.4, -0.2) is 29.5 Å². The highest BCUT2D eigenvalue weighted by Gasteiger charge is 2.30. The lowest BCUT2D eigenvalue weighted by atomic mass is 9.97. The second-order valence-corrected chi connectivity index (χ2v) is 7.17. The monoisotopic (exact) mass is 382 g/mol. The maximum absolute atomic E-state index is 12.9. The lowest BCUT2D eigenvalue weighted by Crippen LogP contribution is -2.30. The molecule has 0 atom stereocenters.